The largest absolute Gasteiger partial charge is 0.346 e. The molecule has 2 fully saturated rings. The maximum atomic E-state index is 13.0. The summed E-state index contributed by atoms with van der Waals surface area (Å²) in [6.07, 6.45) is 1.22. The zero-order valence-corrected chi connectivity index (χ0v) is 18.8. The molecule has 1 aromatic heterocycles. The van der Waals surface area contributed by atoms with E-state index in [1.54, 1.807) is 4.90 Å². The first kappa shape index (κ1) is 21.6. The van der Waals surface area contributed by atoms with E-state index >= 15 is 0 Å². The highest BCUT2D eigenvalue weighted by atomic mass is 32.1. The zero-order valence-electron chi connectivity index (χ0n) is 17.9. The summed E-state index contributed by atoms with van der Waals surface area (Å²) in [5.74, 6) is -0.122. The van der Waals surface area contributed by atoms with Crippen LogP contribution in [0.4, 0.5) is 5.69 Å². The number of thiophene rings is 1. The van der Waals surface area contributed by atoms with E-state index in [9.17, 15) is 14.4 Å². The van der Waals surface area contributed by atoms with Gasteiger partial charge in [0.25, 0.3) is 11.8 Å². The van der Waals surface area contributed by atoms with Gasteiger partial charge in [-0.1, -0.05) is 6.07 Å². The number of rotatable bonds is 4. The molecule has 1 aromatic carbocycles. The molecule has 1 atom stereocenters. The maximum Gasteiger partial charge on any atom is 0.261 e. The zero-order chi connectivity index (χ0) is 22.0. The molecule has 2 aliphatic heterocycles. The Hall–Kier alpha value is -2.65. The number of benzene rings is 1. The molecule has 2 saturated heterocycles. The fourth-order valence-corrected chi connectivity index (χ4v) is 4.91. The third-order valence-electron chi connectivity index (χ3n) is 5.80. The highest BCUT2D eigenvalue weighted by Gasteiger charge is 2.32. The van der Waals surface area contributed by atoms with Gasteiger partial charge in [0.15, 0.2) is 7.85 Å². The second-order valence-corrected chi connectivity index (χ2v) is 9.47. The lowest BCUT2D eigenvalue weighted by atomic mass is 10.1. The van der Waals surface area contributed by atoms with Crippen LogP contribution in [0.1, 0.15) is 38.4 Å². The number of nitrogens with one attached hydrogen (secondary N) is 2. The predicted octanol–water partition coefficient (Wildman–Crippen LogP) is 0.286. The van der Waals surface area contributed by atoms with Crippen LogP contribution >= 0.6 is 11.3 Å². The fourth-order valence-electron chi connectivity index (χ4n) is 4.14. The van der Waals surface area contributed by atoms with Crippen molar-refractivity contribution < 1.29 is 14.4 Å². The highest BCUT2D eigenvalue weighted by Crippen LogP contribution is 2.25. The van der Waals surface area contributed by atoms with Gasteiger partial charge in [-0.2, -0.15) is 0 Å². The Kier molecular flexibility index (Phi) is 6.43. The quantitative estimate of drug-likeness (QED) is 0.673. The van der Waals surface area contributed by atoms with Crippen LogP contribution in [0.3, 0.4) is 0 Å². The van der Waals surface area contributed by atoms with Crippen molar-refractivity contribution >= 4 is 47.4 Å². The van der Waals surface area contributed by atoms with Gasteiger partial charge >= 0.3 is 0 Å². The van der Waals surface area contributed by atoms with Crippen LogP contribution in [0.15, 0.2) is 30.3 Å². The van der Waals surface area contributed by atoms with Crippen molar-refractivity contribution in [2.24, 2.45) is 0 Å². The monoisotopic (exact) mass is 438 g/mol. The number of amides is 3. The molecule has 3 heterocycles. The lowest BCUT2D eigenvalue weighted by Crippen LogP contribution is -2.37. The average molecular weight is 438 g/mol. The van der Waals surface area contributed by atoms with E-state index in [0.717, 1.165) is 42.1 Å². The molecular formula is C22H27BN4O3S. The molecule has 0 spiro atoms. The summed E-state index contributed by atoms with van der Waals surface area (Å²) >= 11 is 1.45. The first-order valence-electron chi connectivity index (χ1n) is 10.7. The summed E-state index contributed by atoms with van der Waals surface area (Å²) < 4.78 is 1.08. The number of hydrogen-bond donors (Lipinski definition) is 2. The van der Waals surface area contributed by atoms with Crippen LogP contribution < -0.4 is 20.3 Å². The summed E-state index contributed by atoms with van der Waals surface area (Å²) in [7, 11) is 1.96. The third kappa shape index (κ3) is 4.83. The average Bonchev–Trinajstić information content (AvgIpc) is 3.22. The Balaban J connectivity index is 1.43. The third-order valence-corrected chi connectivity index (χ3v) is 6.80. The van der Waals surface area contributed by atoms with Crippen molar-refractivity contribution in [3.05, 3.63) is 46.3 Å². The first-order valence-corrected chi connectivity index (χ1v) is 11.5. The second-order valence-electron chi connectivity index (χ2n) is 8.18. The summed E-state index contributed by atoms with van der Waals surface area (Å²) in [5.41, 5.74) is 2.30. The van der Waals surface area contributed by atoms with Crippen molar-refractivity contribution in [3.63, 3.8) is 0 Å². The van der Waals surface area contributed by atoms with Crippen molar-refractivity contribution in [1.82, 2.24) is 15.5 Å². The topological polar surface area (TPSA) is 81.8 Å². The van der Waals surface area contributed by atoms with Gasteiger partial charge in [-0.25, -0.2) is 0 Å². The molecule has 31 heavy (non-hydrogen) atoms. The number of anilines is 1. The SMILES string of the molecule is Bc1ccc(C(=O)NC2CC(=O)N(c3ccc(C(=O)N4CCCNCC4)c(C)c3)C2)s1. The Morgan fingerprint density at radius 3 is 2.77 bits per heavy atom. The van der Waals surface area contributed by atoms with Crippen LogP contribution in [0.2, 0.25) is 0 Å². The first-order chi connectivity index (χ1) is 14.9. The molecule has 2 N–H and O–H groups in total. The summed E-state index contributed by atoms with van der Waals surface area (Å²) in [4.78, 5) is 42.2. The minimum absolute atomic E-state index is 0.0234. The van der Waals surface area contributed by atoms with Gasteiger partial charge < -0.3 is 20.4 Å². The standard InChI is InChI=1S/C22H27BN4O3S/c1-14-11-16(3-4-17(14)22(30)26-9-2-7-24-8-10-26)27-13-15(12-20(27)28)25-21(29)18-5-6-19(23)31-18/h3-6,11,15,24H,2,7-10,12-13,23H2,1H3,(H,25,29). The van der Waals surface area contributed by atoms with E-state index in [1.807, 2.05) is 50.0 Å². The molecule has 2 aromatic rings. The lowest BCUT2D eigenvalue weighted by Gasteiger charge is -2.22. The Bertz CT molecular complexity index is 1000. The number of aryl methyl sites for hydroxylation is 1. The predicted molar refractivity (Wildman–Crippen MR) is 125 cm³/mol. The fraction of sp³-hybridized carbons (Fsp3) is 0.409. The normalized spacial score (nSPS) is 19.4. The van der Waals surface area contributed by atoms with Crippen molar-refractivity contribution in [1.29, 1.82) is 0 Å². The number of carbonyl (C=O) groups excluding carboxylic acids is 3. The summed E-state index contributed by atoms with van der Waals surface area (Å²) in [6.45, 7) is 5.54. The Morgan fingerprint density at radius 2 is 2.03 bits per heavy atom. The van der Waals surface area contributed by atoms with Gasteiger partial charge in [0.05, 0.1) is 10.9 Å². The van der Waals surface area contributed by atoms with Crippen molar-refractivity contribution in [2.75, 3.05) is 37.6 Å². The summed E-state index contributed by atoms with van der Waals surface area (Å²) in [6, 6.07) is 9.05. The molecule has 2 aliphatic rings. The van der Waals surface area contributed by atoms with Gasteiger partial charge in [0.1, 0.15) is 0 Å². The van der Waals surface area contributed by atoms with Gasteiger partial charge in [-0.05, 0) is 54.5 Å². The lowest BCUT2D eigenvalue weighted by molar-refractivity contribution is -0.117. The number of nitrogens with zero attached hydrogens (tertiary/aromatic N) is 2. The van der Waals surface area contributed by atoms with E-state index < -0.39 is 0 Å². The molecule has 7 nitrogen and oxygen atoms in total. The van der Waals surface area contributed by atoms with Gasteiger partial charge in [0, 0.05) is 43.9 Å². The molecule has 0 bridgehead atoms. The minimum Gasteiger partial charge on any atom is -0.346 e. The van der Waals surface area contributed by atoms with Crippen molar-refractivity contribution in [3.8, 4) is 0 Å². The molecule has 0 radical (unpaired) electrons. The van der Waals surface area contributed by atoms with E-state index in [2.05, 4.69) is 10.6 Å². The van der Waals surface area contributed by atoms with Gasteiger partial charge in [-0.15, -0.1) is 11.3 Å². The molecule has 4 rings (SSSR count). The molecule has 1 unspecified atom stereocenters. The van der Waals surface area contributed by atoms with E-state index in [0.29, 0.717) is 23.5 Å². The molecule has 0 aliphatic carbocycles. The van der Waals surface area contributed by atoms with E-state index in [-0.39, 0.29) is 30.2 Å². The van der Waals surface area contributed by atoms with Crippen LogP contribution in [0.25, 0.3) is 0 Å². The van der Waals surface area contributed by atoms with Gasteiger partial charge in [0.2, 0.25) is 5.91 Å². The number of hydrogen-bond acceptors (Lipinski definition) is 5. The summed E-state index contributed by atoms with van der Waals surface area (Å²) in [5, 5.41) is 6.29. The smallest absolute Gasteiger partial charge is 0.261 e. The Labute approximate surface area is 187 Å². The van der Waals surface area contributed by atoms with Crippen LogP contribution in [0.5, 0.6) is 0 Å². The molecule has 0 saturated carbocycles. The molecular weight excluding hydrogens is 411 g/mol. The molecule has 3 amide bonds. The van der Waals surface area contributed by atoms with Crippen LogP contribution in [-0.4, -0.2) is 69.2 Å². The van der Waals surface area contributed by atoms with Crippen molar-refractivity contribution in [2.45, 2.75) is 25.8 Å². The highest BCUT2D eigenvalue weighted by molar-refractivity contribution is 7.21. The van der Waals surface area contributed by atoms with E-state index in [1.165, 1.54) is 11.3 Å². The maximum absolute atomic E-state index is 13.0. The second kappa shape index (κ2) is 9.24. The molecule has 162 valence electrons. The minimum atomic E-state index is -0.228. The van der Waals surface area contributed by atoms with Crippen LogP contribution in [-0.2, 0) is 4.79 Å². The van der Waals surface area contributed by atoms with Gasteiger partial charge in [-0.3, -0.25) is 14.4 Å². The van der Waals surface area contributed by atoms with Crippen LogP contribution in [0, 0.1) is 6.92 Å². The Morgan fingerprint density at radius 1 is 1.19 bits per heavy atom. The van der Waals surface area contributed by atoms with E-state index in [4.69, 9.17) is 0 Å². The molecule has 9 heteroatoms. The number of carbonyl (C=O) groups is 3.